The third-order valence-electron chi connectivity index (χ3n) is 4.60. The van der Waals surface area contributed by atoms with Gasteiger partial charge in [0.25, 0.3) is 0 Å². The van der Waals surface area contributed by atoms with Crippen LogP contribution in [0.2, 0.25) is 0 Å². The highest BCUT2D eigenvalue weighted by Gasteiger charge is 2.25. The quantitative estimate of drug-likeness (QED) is 0.695. The number of ether oxygens (including phenoxy) is 2. The molecule has 0 aliphatic carbocycles. The molecule has 2 aliphatic rings. The Hall–Kier alpha value is -2.96. The van der Waals surface area contributed by atoms with Crippen molar-refractivity contribution in [2.45, 2.75) is 19.1 Å². The first kappa shape index (κ1) is 17.5. The van der Waals surface area contributed by atoms with Crippen LogP contribution in [0.1, 0.15) is 23.8 Å². The zero-order valence-electron chi connectivity index (χ0n) is 14.7. The lowest BCUT2D eigenvalue weighted by molar-refractivity contribution is -0.116. The Labute approximate surface area is 156 Å². The minimum atomic E-state index is -0.259. The molecule has 0 bridgehead atoms. The largest absolute Gasteiger partial charge is 0.346 e. The van der Waals surface area contributed by atoms with Gasteiger partial charge in [0, 0.05) is 29.3 Å². The normalized spacial score (nSPS) is 16.4. The van der Waals surface area contributed by atoms with E-state index >= 15 is 0 Å². The molecule has 1 saturated heterocycles. The molecule has 0 spiro atoms. The molecule has 27 heavy (non-hydrogen) atoms. The average molecular weight is 364 g/mol. The van der Waals surface area contributed by atoms with Gasteiger partial charge in [-0.05, 0) is 35.6 Å². The number of nitrogens with one attached hydrogen (secondary N) is 2. The summed E-state index contributed by atoms with van der Waals surface area (Å²) in [6.07, 6.45) is 1.04. The molecule has 0 unspecified atom stereocenters. The number of fused-ring (bicyclic) bond motifs is 2. The van der Waals surface area contributed by atoms with Gasteiger partial charge < -0.3 is 19.8 Å². The van der Waals surface area contributed by atoms with Gasteiger partial charge in [0.15, 0.2) is 6.29 Å². The fourth-order valence-corrected chi connectivity index (χ4v) is 3.31. The average Bonchev–Trinajstić information content (AvgIpc) is 3.22. The van der Waals surface area contributed by atoms with Gasteiger partial charge >= 0.3 is 0 Å². The van der Waals surface area contributed by atoms with E-state index in [0.29, 0.717) is 19.6 Å². The smallest absolute Gasteiger partial charge is 0.248 e. The summed E-state index contributed by atoms with van der Waals surface area (Å²) in [5.41, 5.74) is 3.93. The van der Waals surface area contributed by atoms with Gasteiger partial charge in [-0.1, -0.05) is 30.3 Å². The number of hydrogen-bond acceptors (Lipinski definition) is 4. The van der Waals surface area contributed by atoms with Crippen LogP contribution in [0.4, 0.5) is 5.69 Å². The second-order valence-electron chi connectivity index (χ2n) is 6.40. The number of aromatic amines is 1. The van der Waals surface area contributed by atoms with Gasteiger partial charge in [0.2, 0.25) is 11.5 Å². The summed E-state index contributed by atoms with van der Waals surface area (Å²) in [7, 11) is 0. The molecule has 1 amide bonds. The maximum absolute atomic E-state index is 11.3. The van der Waals surface area contributed by atoms with E-state index in [1.165, 1.54) is 6.07 Å². The summed E-state index contributed by atoms with van der Waals surface area (Å²) in [5.74, 6) is 0.0814. The number of rotatable bonds is 1. The topological polar surface area (TPSA) is 80.4 Å². The lowest BCUT2D eigenvalue weighted by Crippen LogP contribution is -2.20. The zero-order valence-corrected chi connectivity index (χ0v) is 14.7. The molecule has 138 valence electrons. The highest BCUT2D eigenvalue weighted by atomic mass is 16.7. The minimum Gasteiger partial charge on any atom is -0.346 e. The molecule has 2 aromatic carbocycles. The fraction of sp³-hybridized carbons (Fsp3) is 0.238. The summed E-state index contributed by atoms with van der Waals surface area (Å²) in [6, 6.07) is 16.9. The van der Waals surface area contributed by atoms with Crippen molar-refractivity contribution in [3.63, 3.8) is 0 Å². The molecule has 0 radical (unpaired) electrons. The van der Waals surface area contributed by atoms with Crippen molar-refractivity contribution in [1.82, 2.24) is 4.98 Å². The van der Waals surface area contributed by atoms with Crippen molar-refractivity contribution in [3.8, 4) is 0 Å². The lowest BCUT2D eigenvalue weighted by atomic mass is 9.97. The molecule has 3 aromatic rings. The third-order valence-corrected chi connectivity index (χ3v) is 4.60. The number of para-hydroxylation sites is 1. The van der Waals surface area contributed by atoms with Gasteiger partial charge in [0.1, 0.15) is 0 Å². The van der Waals surface area contributed by atoms with Crippen molar-refractivity contribution in [1.29, 1.82) is 0 Å². The molecule has 0 atom stereocenters. The Kier molecular flexibility index (Phi) is 5.00. The number of carbonyl (C=O) groups is 1. The van der Waals surface area contributed by atoms with Crippen LogP contribution in [0.25, 0.3) is 10.9 Å². The summed E-state index contributed by atoms with van der Waals surface area (Å²) in [4.78, 5) is 24.8. The lowest BCUT2D eigenvalue weighted by Gasteiger charge is -2.22. The fourth-order valence-electron chi connectivity index (χ4n) is 3.31. The van der Waals surface area contributed by atoms with Gasteiger partial charge in [-0.2, -0.15) is 0 Å². The third kappa shape index (κ3) is 3.92. The van der Waals surface area contributed by atoms with Crippen LogP contribution >= 0.6 is 0 Å². The van der Waals surface area contributed by atoms with Crippen LogP contribution in [0.15, 0.2) is 59.4 Å². The van der Waals surface area contributed by atoms with E-state index in [9.17, 15) is 9.59 Å². The maximum Gasteiger partial charge on any atom is 0.248 e. The number of amides is 1. The molecule has 1 fully saturated rings. The first-order chi connectivity index (χ1) is 13.2. The number of H-pyrrole nitrogens is 1. The van der Waals surface area contributed by atoms with Crippen LogP contribution in [-0.2, 0) is 20.7 Å². The van der Waals surface area contributed by atoms with E-state index in [-0.39, 0.29) is 17.8 Å². The number of hydrogen-bond donors (Lipinski definition) is 2. The van der Waals surface area contributed by atoms with Crippen molar-refractivity contribution >= 4 is 22.5 Å². The molecule has 6 heteroatoms. The molecular formula is C21H20N2O4. The molecular weight excluding hydrogens is 344 g/mol. The van der Waals surface area contributed by atoms with Crippen molar-refractivity contribution in [2.75, 3.05) is 18.5 Å². The predicted molar refractivity (Wildman–Crippen MR) is 103 cm³/mol. The summed E-state index contributed by atoms with van der Waals surface area (Å²) in [6.45, 7) is 1.28. The molecule has 6 nitrogen and oxygen atoms in total. The standard InChI is InChI=1S/C12H13NO3.C9H7NO/c14-11-5-4-8-9(12-15-6-7-16-12)2-1-3-10(8)13-11;11-9-6-5-7-3-1-2-4-8(7)10-9/h1-3,12H,4-7H2,(H,13,14);1-6H,(H,10,11). The second-order valence-corrected chi connectivity index (χ2v) is 6.40. The van der Waals surface area contributed by atoms with E-state index in [2.05, 4.69) is 10.3 Å². The molecule has 2 N–H and O–H groups in total. The Morgan fingerprint density at radius 2 is 1.67 bits per heavy atom. The van der Waals surface area contributed by atoms with Crippen LogP contribution in [0, 0.1) is 0 Å². The second kappa shape index (κ2) is 7.73. The molecule has 5 rings (SSSR count). The van der Waals surface area contributed by atoms with Gasteiger partial charge in [-0.15, -0.1) is 0 Å². The van der Waals surface area contributed by atoms with E-state index < -0.39 is 0 Å². The molecule has 0 saturated carbocycles. The minimum absolute atomic E-state index is 0.0521. The highest BCUT2D eigenvalue weighted by Crippen LogP contribution is 2.33. The Morgan fingerprint density at radius 3 is 2.52 bits per heavy atom. The van der Waals surface area contributed by atoms with Gasteiger partial charge in [-0.25, -0.2) is 0 Å². The molecule has 3 heterocycles. The summed E-state index contributed by atoms with van der Waals surface area (Å²) in [5, 5.41) is 3.94. The first-order valence-electron chi connectivity index (χ1n) is 8.93. The SMILES string of the molecule is O=C1CCc2c(cccc2C2OCCO2)N1.O=c1ccc2ccccc2[nH]1. The number of aromatic nitrogens is 1. The first-order valence-corrected chi connectivity index (χ1v) is 8.93. The van der Waals surface area contributed by atoms with E-state index in [4.69, 9.17) is 9.47 Å². The Balaban J connectivity index is 0.000000143. The van der Waals surface area contributed by atoms with Crippen molar-refractivity contribution in [2.24, 2.45) is 0 Å². The Morgan fingerprint density at radius 1 is 0.852 bits per heavy atom. The van der Waals surface area contributed by atoms with Gasteiger partial charge in [-0.3, -0.25) is 9.59 Å². The van der Waals surface area contributed by atoms with Crippen molar-refractivity contribution in [3.05, 3.63) is 76.1 Å². The molecule has 1 aromatic heterocycles. The monoisotopic (exact) mass is 364 g/mol. The predicted octanol–water partition coefficient (Wildman–Crippen LogP) is 3.14. The number of pyridine rings is 1. The van der Waals surface area contributed by atoms with Crippen LogP contribution < -0.4 is 10.9 Å². The molecule has 2 aliphatic heterocycles. The zero-order chi connectivity index (χ0) is 18.6. The summed E-state index contributed by atoms with van der Waals surface area (Å²) >= 11 is 0. The van der Waals surface area contributed by atoms with Crippen LogP contribution in [-0.4, -0.2) is 24.1 Å². The number of carbonyl (C=O) groups excluding carboxylic acids is 1. The van der Waals surface area contributed by atoms with Crippen molar-refractivity contribution < 1.29 is 14.3 Å². The Bertz CT molecular complexity index is 1020. The van der Waals surface area contributed by atoms with E-state index in [1.807, 2.05) is 48.5 Å². The number of anilines is 1. The maximum atomic E-state index is 11.3. The van der Waals surface area contributed by atoms with Gasteiger partial charge in [0.05, 0.1) is 13.2 Å². The number of benzene rings is 2. The highest BCUT2D eigenvalue weighted by molar-refractivity contribution is 5.94. The van der Waals surface area contributed by atoms with E-state index in [1.54, 1.807) is 0 Å². The van der Waals surface area contributed by atoms with Crippen LogP contribution in [0.5, 0.6) is 0 Å². The van der Waals surface area contributed by atoms with E-state index in [0.717, 1.165) is 34.1 Å². The van der Waals surface area contributed by atoms with Crippen LogP contribution in [0.3, 0.4) is 0 Å². The summed E-state index contributed by atoms with van der Waals surface area (Å²) < 4.78 is 11.0.